The fourth-order valence-corrected chi connectivity index (χ4v) is 2.17. The van der Waals surface area contributed by atoms with Gasteiger partial charge in [-0.3, -0.25) is 4.79 Å². The zero-order valence-corrected chi connectivity index (χ0v) is 11.6. The summed E-state index contributed by atoms with van der Waals surface area (Å²) in [6.07, 6.45) is 3.25. The van der Waals surface area contributed by atoms with Gasteiger partial charge >= 0.3 is 0 Å². The number of aliphatic hydroxyl groups excluding tert-OH is 1. The van der Waals surface area contributed by atoms with Crippen LogP contribution in [0.3, 0.4) is 0 Å². The van der Waals surface area contributed by atoms with Gasteiger partial charge in [0.2, 0.25) is 5.91 Å². The van der Waals surface area contributed by atoms with Crippen molar-refractivity contribution in [3.05, 3.63) is 24.3 Å². The van der Waals surface area contributed by atoms with Crippen LogP contribution < -0.4 is 15.8 Å². The van der Waals surface area contributed by atoms with E-state index in [1.165, 1.54) is 0 Å². The molecule has 0 atom stereocenters. The molecule has 0 saturated heterocycles. The third kappa shape index (κ3) is 4.13. The smallest absolute Gasteiger partial charge is 0.223 e. The highest BCUT2D eigenvalue weighted by atomic mass is 16.5. The van der Waals surface area contributed by atoms with Gasteiger partial charge in [0.05, 0.1) is 18.7 Å². The number of hydrogen-bond acceptors (Lipinski definition) is 4. The number of rotatable bonds is 8. The van der Waals surface area contributed by atoms with Crippen molar-refractivity contribution in [2.45, 2.75) is 25.7 Å². The standard InChI is InChI=1S/C15H22N2O3/c16-12-3-1-2-4-13(12)20-10-5-14(19)17-11-15(6-7-15)8-9-18/h1-4,18H,5-11,16H2,(H,17,19). The second-order valence-corrected chi connectivity index (χ2v) is 5.39. The van der Waals surface area contributed by atoms with Crippen molar-refractivity contribution >= 4 is 11.6 Å². The quantitative estimate of drug-likeness (QED) is 0.626. The van der Waals surface area contributed by atoms with E-state index in [0.29, 0.717) is 31.0 Å². The maximum absolute atomic E-state index is 11.7. The summed E-state index contributed by atoms with van der Waals surface area (Å²) in [5.41, 5.74) is 6.47. The van der Waals surface area contributed by atoms with E-state index in [1.54, 1.807) is 12.1 Å². The maximum atomic E-state index is 11.7. The van der Waals surface area contributed by atoms with Crippen LogP contribution >= 0.6 is 0 Å². The molecule has 1 aromatic rings. The van der Waals surface area contributed by atoms with E-state index < -0.39 is 0 Å². The lowest BCUT2D eigenvalue weighted by atomic mass is 10.0. The lowest BCUT2D eigenvalue weighted by Gasteiger charge is -2.14. The average molecular weight is 278 g/mol. The molecule has 5 nitrogen and oxygen atoms in total. The van der Waals surface area contributed by atoms with Crippen LogP contribution in [0.1, 0.15) is 25.7 Å². The SMILES string of the molecule is Nc1ccccc1OCCC(=O)NCC1(CCO)CC1. The molecule has 1 aromatic carbocycles. The minimum Gasteiger partial charge on any atom is -0.491 e. The number of hydrogen-bond donors (Lipinski definition) is 3. The normalized spacial score (nSPS) is 15.7. The van der Waals surface area contributed by atoms with Crippen LogP contribution in [0.25, 0.3) is 0 Å². The maximum Gasteiger partial charge on any atom is 0.223 e. The Morgan fingerprint density at radius 1 is 1.40 bits per heavy atom. The number of ether oxygens (including phenoxy) is 1. The van der Waals surface area contributed by atoms with Crippen LogP contribution in [0.5, 0.6) is 5.75 Å². The van der Waals surface area contributed by atoms with Crippen molar-refractivity contribution in [3.63, 3.8) is 0 Å². The number of benzene rings is 1. The predicted octanol–water partition coefficient (Wildman–Crippen LogP) is 1.32. The molecular weight excluding hydrogens is 256 g/mol. The predicted molar refractivity (Wildman–Crippen MR) is 77.3 cm³/mol. The molecule has 1 amide bonds. The number of carbonyl (C=O) groups is 1. The molecule has 0 unspecified atom stereocenters. The van der Waals surface area contributed by atoms with E-state index in [4.69, 9.17) is 15.6 Å². The minimum absolute atomic E-state index is 0.0243. The summed E-state index contributed by atoms with van der Waals surface area (Å²) in [6, 6.07) is 7.23. The average Bonchev–Trinajstić information content (AvgIpc) is 3.19. The number of nitrogens with one attached hydrogen (secondary N) is 1. The Labute approximate surface area is 119 Å². The van der Waals surface area contributed by atoms with E-state index in [0.717, 1.165) is 19.3 Å². The number of nitrogen functional groups attached to an aromatic ring is 1. The van der Waals surface area contributed by atoms with Gasteiger partial charge < -0.3 is 20.9 Å². The fourth-order valence-electron chi connectivity index (χ4n) is 2.17. The molecular formula is C15H22N2O3. The molecule has 0 heterocycles. The van der Waals surface area contributed by atoms with Crippen molar-refractivity contribution in [2.24, 2.45) is 5.41 Å². The number of para-hydroxylation sites is 2. The Morgan fingerprint density at radius 2 is 2.15 bits per heavy atom. The summed E-state index contributed by atoms with van der Waals surface area (Å²) in [6.45, 7) is 1.15. The number of anilines is 1. The third-order valence-electron chi connectivity index (χ3n) is 3.77. The Hall–Kier alpha value is -1.75. The Kier molecular flexibility index (Phi) is 4.84. The van der Waals surface area contributed by atoms with E-state index in [9.17, 15) is 4.79 Å². The van der Waals surface area contributed by atoms with Gasteiger partial charge in [0.25, 0.3) is 0 Å². The van der Waals surface area contributed by atoms with E-state index in [-0.39, 0.29) is 17.9 Å². The molecule has 110 valence electrons. The Morgan fingerprint density at radius 3 is 2.80 bits per heavy atom. The summed E-state index contributed by atoms with van der Waals surface area (Å²) < 4.78 is 5.48. The van der Waals surface area contributed by atoms with Crippen molar-refractivity contribution in [1.29, 1.82) is 0 Å². The van der Waals surface area contributed by atoms with Crippen molar-refractivity contribution in [1.82, 2.24) is 5.32 Å². The second-order valence-electron chi connectivity index (χ2n) is 5.39. The molecule has 20 heavy (non-hydrogen) atoms. The lowest BCUT2D eigenvalue weighted by Crippen LogP contribution is -2.31. The van der Waals surface area contributed by atoms with Gasteiger partial charge in [-0.15, -0.1) is 0 Å². The molecule has 4 N–H and O–H groups in total. The van der Waals surface area contributed by atoms with Gasteiger partial charge in [0.15, 0.2) is 0 Å². The van der Waals surface area contributed by atoms with E-state index in [2.05, 4.69) is 5.32 Å². The molecule has 2 rings (SSSR count). The van der Waals surface area contributed by atoms with Crippen LogP contribution in [0.15, 0.2) is 24.3 Å². The first-order chi connectivity index (χ1) is 9.65. The topological polar surface area (TPSA) is 84.6 Å². The van der Waals surface area contributed by atoms with Gasteiger partial charge in [0.1, 0.15) is 5.75 Å². The molecule has 0 aromatic heterocycles. The zero-order chi connectivity index (χ0) is 14.4. The third-order valence-corrected chi connectivity index (χ3v) is 3.77. The molecule has 1 aliphatic rings. The van der Waals surface area contributed by atoms with Gasteiger partial charge in [-0.2, -0.15) is 0 Å². The monoisotopic (exact) mass is 278 g/mol. The van der Waals surface area contributed by atoms with Gasteiger partial charge in [-0.1, -0.05) is 12.1 Å². The van der Waals surface area contributed by atoms with Gasteiger partial charge in [0, 0.05) is 13.2 Å². The number of nitrogens with two attached hydrogens (primary N) is 1. The summed E-state index contributed by atoms with van der Waals surface area (Å²) >= 11 is 0. The zero-order valence-electron chi connectivity index (χ0n) is 11.6. The van der Waals surface area contributed by atoms with Crippen LogP contribution in [-0.2, 0) is 4.79 Å². The molecule has 0 spiro atoms. The van der Waals surface area contributed by atoms with Gasteiger partial charge in [-0.25, -0.2) is 0 Å². The first kappa shape index (κ1) is 14.7. The largest absolute Gasteiger partial charge is 0.491 e. The van der Waals surface area contributed by atoms with Crippen molar-refractivity contribution in [3.8, 4) is 5.75 Å². The van der Waals surface area contributed by atoms with Crippen LogP contribution in [0, 0.1) is 5.41 Å². The molecule has 5 heteroatoms. The van der Waals surface area contributed by atoms with Crippen LogP contribution in [0.4, 0.5) is 5.69 Å². The lowest BCUT2D eigenvalue weighted by molar-refractivity contribution is -0.121. The summed E-state index contributed by atoms with van der Waals surface area (Å²) in [4.78, 5) is 11.7. The van der Waals surface area contributed by atoms with Crippen LogP contribution in [0.2, 0.25) is 0 Å². The fraction of sp³-hybridized carbons (Fsp3) is 0.533. The molecule has 1 fully saturated rings. The second kappa shape index (κ2) is 6.61. The highest BCUT2D eigenvalue weighted by Crippen LogP contribution is 2.47. The highest BCUT2D eigenvalue weighted by Gasteiger charge is 2.41. The molecule has 0 aliphatic heterocycles. The first-order valence-corrected chi connectivity index (χ1v) is 7.00. The first-order valence-electron chi connectivity index (χ1n) is 7.00. The van der Waals surface area contributed by atoms with Crippen LogP contribution in [-0.4, -0.2) is 30.8 Å². The number of carbonyl (C=O) groups excluding carboxylic acids is 1. The summed E-state index contributed by atoms with van der Waals surface area (Å²) in [5, 5.41) is 11.9. The van der Waals surface area contributed by atoms with Crippen molar-refractivity contribution in [2.75, 3.05) is 25.5 Å². The molecule has 1 aliphatic carbocycles. The van der Waals surface area contributed by atoms with Crippen molar-refractivity contribution < 1.29 is 14.6 Å². The minimum atomic E-state index is -0.0243. The Balaban J connectivity index is 1.65. The molecule has 0 bridgehead atoms. The highest BCUT2D eigenvalue weighted by molar-refractivity contribution is 5.76. The molecule has 1 saturated carbocycles. The Bertz CT molecular complexity index is 458. The molecule has 0 radical (unpaired) electrons. The summed E-state index contributed by atoms with van der Waals surface area (Å²) in [7, 11) is 0. The number of amides is 1. The van der Waals surface area contributed by atoms with E-state index in [1.807, 2.05) is 12.1 Å². The van der Waals surface area contributed by atoms with E-state index >= 15 is 0 Å². The van der Waals surface area contributed by atoms with Gasteiger partial charge in [-0.05, 0) is 36.8 Å². The summed E-state index contributed by atoms with van der Waals surface area (Å²) in [5.74, 6) is 0.586. The number of aliphatic hydroxyl groups is 1.